The highest BCUT2D eigenvalue weighted by Crippen LogP contribution is 2.45. The van der Waals surface area contributed by atoms with E-state index in [1.807, 2.05) is 6.07 Å². The van der Waals surface area contributed by atoms with Crippen LogP contribution in [0.3, 0.4) is 0 Å². The lowest BCUT2D eigenvalue weighted by Crippen LogP contribution is -2.46. The minimum Gasteiger partial charge on any atom is -0.234 e. The predicted molar refractivity (Wildman–Crippen MR) is 104 cm³/mol. The van der Waals surface area contributed by atoms with Gasteiger partial charge in [0.15, 0.2) is 0 Å². The van der Waals surface area contributed by atoms with Crippen LogP contribution in [0.15, 0.2) is 47.7 Å². The van der Waals surface area contributed by atoms with Crippen molar-refractivity contribution >= 4 is 14.0 Å². The molecule has 0 N–H and O–H groups in total. The van der Waals surface area contributed by atoms with E-state index in [1.54, 1.807) is 0 Å². The van der Waals surface area contributed by atoms with Crippen molar-refractivity contribution in [1.29, 1.82) is 0 Å². The molecule has 1 aromatic rings. The van der Waals surface area contributed by atoms with Gasteiger partial charge in [0.2, 0.25) is 0 Å². The number of hydrogen-bond acceptors (Lipinski definition) is 1. The summed E-state index contributed by atoms with van der Waals surface area (Å²) in [7, 11) is -1.88. The Kier molecular flexibility index (Phi) is 7.74. The zero-order valence-corrected chi connectivity index (χ0v) is 16.6. The Morgan fingerprint density at radius 1 is 1.00 bits per heavy atom. The summed E-state index contributed by atoms with van der Waals surface area (Å²) in [6.07, 6.45) is 6.24. The average molecular weight is 329 g/mol. The molecule has 1 nitrogen and oxygen atoms in total. The first-order valence-electron chi connectivity index (χ1n) is 8.83. The van der Waals surface area contributed by atoms with Crippen LogP contribution >= 0.6 is 0 Å². The fourth-order valence-corrected chi connectivity index (χ4v) is 10.7. The molecule has 0 aliphatic carbocycles. The van der Waals surface area contributed by atoms with E-state index in [9.17, 15) is 4.79 Å². The van der Waals surface area contributed by atoms with Gasteiger partial charge < -0.3 is 0 Å². The average Bonchev–Trinajstić information content (AvgIpc) is 2.50. The number of allylic oxidation sites excluding steroid dienone is 3. The number of benzene rings is 1. The van der Waals surface area contributed by atoms with Gasteiger partial charge in [-0.2, -0.15) is 0 Å². The van der Waals surface area contributed by atoms with Crippen LogP contribution in [-0.4, -0.2) is 14.0 Å². The lowest BCUT2D eigenvalue weighted by atomic mass is 10.1. The van der Waals surface area contributed by atoms with Crippen molar-refractivity contribution in [3.8, 4) is 0 Å². The molecule has 0 saturated heterocycles. The SMILES string of the molecule is CC(C)[Si](C(=C=O)/C=C/CCc1ccccc1)(C(C)C)C(C)C. The Hall–Kier alpha value is -1.37. The Morgan fingerprint density at radius 2 is 1.52 bits per heavy atom. The van der Waals surface area contributed by atoms with Crippen molar-refractivity contribution in [3.05, 3.63) is 53.2 Å². The highest BCUT2D eigenvalue weighted by molar-refractivity contribution is 6.91. The highest BCUT2D eigenvalue weighted by atomic mass is 28.3. The molecule has 1 rings (SSSR count). The largest absolute Gasteiger partial charge is 0.234 e. The third kappa shape index (κ3) is 4.56. The molecule has 0 amide bonds. The van der Waals surface area contributed by atoms with E-state index >= 15 is 0 Å². The van der Waals surface area contributed by atoms with Crippen molar-refractivity contribution < 1.29 is 4.79 Å². The number of rotatable bonds is 8. The number of carbonyl (C=O) groups excluding carboxylic acids is 1. The van der Waals surface area contributed by atoms with Gasteiger partial charge in [-0.3, -0.25) is 0 Å². The quantitative estimate of drug-likeness (QED) is 0.318. The molecule has 0 spiro atoms. The Balaban J connectivity index is 2.93. The number of aryl methyl sites for hydroxylation is 1. The van der Waals surface area contributed by atoms with Crippen LogP contribution in [0, 0.1) is 0 Å². The third-order valence-corrected chi connectivity index (χ3v) is 12.1. The molecule has 0 radical (unpaired) electrons. The zero-order valence-electron chi connectivity index (χ0n) is 15.6. The first-order chi connectivity index (χ1) is 10.9. The summed E-state index contributed by atoms with van der Waals surface area (Å²) in [6.45, 7) is 13.7. The summed E-state index contributed by atoms with van der Waals surface area (Å²) in [5, 5.41) is 0.963. The van der Waals surface area contributed by atoms with Gasteiger partial charge in [0.05, 0.1) is 0 Å². The summed E-state index contributed by atoms with van der Waals surface area (Å²) in [5.74, 6) is 2.33. The van der Waals surface area contributed by atoms with E-state index in [1.165, 1.54) is 5.56 Å². The maximum Gasteiger partial charge on any atom is 0.123 e. The van der Waals surface area contributed by atoms with E-state index in [2.05, 4.69) is 83.9 Å². The molecule has 0 heterocycles. The maximum absolute atomic E-state index is 11.8. The molecule has 0 aromatic heterocycles. The topological polar surface area (TPSA) is 17.1 Å². The summed E-state index contributed by atoms with van der Waals surface area (Å²) in [4.78, 5) is 11.8. The van der Waals surface area contributed by atoms with Crippen LogP contribution in [0.5, 0.6) is 0 Å². The molecule has 0 saturated carbocycles. The van der Waals surface area contributed by atoms with Gasteiger partial charge >= 0.3 is 0 Å². The second-order valence-electron chi connectivity index (χ2n) is 7.34. The molecule has 0 unspecified atom stereocenters. The second kappa shape index (κ2) is 9.05. The monoisotopic (exact) mass is 328 g/mol. The number of hydrogen-bond donors (Lipinski definition) is 0. The molecular weight excluding hydrogens is 296 g/mol. The summed E-state index contributed by atoms with van der Waals surface area (Å²) < 4.78 is 0. The van der Waals surface area contributed by atoms with E-state index in [0.717, 1.165) is 18.0 Å². The summed E-state index contributed by atoms with van der Waals surface area (Å²) >= 11 is 0. The molecule has 0 aliphatic rings. The fourth-order valence-electron chi connectivity index (χ4n) is 4.30. The molecule has 0 fully saturated rings. The predicted octanol–water partition coefficient (Wildman–Crippen LogP) is 6.15. The van der Waals surface area contributed by atoms with Gasteiger partial charge in [-0.1, -0.05) is 84.0 Å². The molecule has 126 valence electrons. The Bertz CT molecular complexity index is 527. The van der Waals surface area contributed by atoms with Crippen molar-refractivity contribution in [2.75, 3.05) is 0 Å². The van der Waals surface area contributed by atoms with Crippen LogP contribution in [0.25, 0.3) is 0 Å². The van der Waals surface area contributed by atoms with Gasteiger partial charge in [0, 0.05) is 5.20 Å². The van der Waals surface area contributed by atoms with Gasteiger partial charge in [-0.15, -0.1) is 0 Å². The molecule has 1 aromatic carbocycles. The lowest BCUT2D eigenvalue weighted by Gasteiger charge is -2.42. The van der Waals surface area contributed by atoms with Gasteiger partial charge in [0.1, 0.15) is 14.0 Å². The second-order valence-corrected chi connectivity index (χ2v) is 13.2. The van der Waals surface area contributed by atoms with Gasteiger partial charge in [-0.25, -0.2) is 4.79 Å². The molecule has 0 aliphatic heterocycles. The van der Waals surface area contributed by atoms with E-state index in [4.69, 9.17) is 0 Å². The molecule has 0 atom stereocenters. The Labute approximate surface area is 143 Å². The fraction of sp³-hybridized carbons (Fsp3) is 0.524. The first-order valence-corrected chi connectivity index (χ1v) is 11.1. The maximum atomic E-state index is 11.8. The van der Waals surface area contributed by atoms with E-state index in [0.29, 0.717) is 16.6 Å². The summed E-state index contributed by atoms with van der Waals surface area (Å²) in [6, 6.07) is 10.5. The van der Waals surface area contributed by atoms with Crippen LogP contribution in [0.4, 0.5) is 0 Å². The zero-order chi connectivity index (χ0) is 17.5. The van der Waals surface area contributed by atoms with Crippen LogP contribution < -0.4 is 0 Å². The van der Waals surface area contributed by atoms with Crippen molar-refractivity contribution in [2.24, 2.45) is 0 Å². The lowest BCUT2D eigenvalue weighted by molar-refractivity contribution is 0.568. The van der Waals surface area contributed by atoms with Crippen LogP contribution in [0.1, 0.15) is 53.5 Å². The van der Waals surface area contributed by atoms with Crippen molar-refractivity contribution in [2.45, 2.75) is 71.0 Å². The van der Waals surface area contributed by atoms with Crippen LogP contribution in [0.2, 0.25) is 16.6 Å². The minimum absolute atomic E-state index is 0.540. The highest BCUT2D eigenvalue weighted by Gasteiger charge is 2.45. The standard InChI is InChI=1S/C21H32OSi/c1-17(2)23(18(3)4,19(5)6)21(16-22)15-11-10-14-20-12-8-7-9-13-20/h7-9,11-13,15,17-19H,10,14H2,1-6H3/b15-11+. The first kappa shape index (κ1) is 19.7. The molecule has 0 bridgehead atoms. The summed E-state index contributed by atoms with van der Waals surface area (Å²) in [5.41, 5.74) is 2.96. The van der Waals surface area contributed by atoms with Gasteiger partial charge in [0.25, 0.3) is 0 Å². The molecule has 2 heteroatoms. The Morgan fingerprint density at radius 3 is 1.96 bits per heavy atom. The minimum atomic E-state index is -1.88. The normalized spacial score (nSPS) is 12.4. The van der Waals surface area contributed by atoms with Crippen molar-refractivity contribution in [1.82, 2.24) is 0 Å². The van der Waals surface area contributed by atoms with E-state index < -0.39 is 8.07 Å². The van der Waals surface area contributed by atoms with E-state index in [-0.39, 0.29) is 0 Å². The smallest absolute Gasteiger partial charge is 0.123 e. The molecular formula is C21H32OSi. The molecule has 23 heavy (non-hydrogen) atoms. The van der Waals surface area contributed by atoms with Crippen molar-refractivity contribution in [3.63, 3.8) is 0 Å². The van der Waals surface area contributed by atoms with Crippen LogP contribution in [-0.2, 0) is 11.2 Å². The third-order valence-electron chi connectivity index (χ3n) is 5.17. The van der Waals surface area contributed by atoms with Gasteiger partial charge in [-0.05, 0) is 35.0 Å².